The molecule has 0 saturated heterocycles. The molecule has 1 N–H and O–H groups in total. The van der Waals surface area contributed by atoms with Crippen LogP contribution in [0.4, 0.5) is 0 Å². The van der Waals surface area contributed by atoms with Gasteiger partial charge in [0.15, 0.2) is 0 Å². The maximum atomic E-state index is 12.0. The lowest BCUT2D eigenvalue weighted by molar-refractivity contribution is -0.146. The number of benzene rings is 1. The summed E-state index contributed by atoms with van der Waals surface area (Å²) in [4.78, 5) is 23.5. The van der Waals surface area contributed by atoms with Crippen molar-refractivity contribution < 1.29 is 14.3 Å². The quantitative estimate of drug-likeness (QED) is 0.872. The van der Waals surface area contributed by atoms with Crippen LogP contribution in [-0.4, -0.2) is 24.5 Å². The highest BCUT2D eigenvalue weighted by Crippen LogP contribution is 2.16. The molecule has 0 aromatic heterocycles. The molecule has 0 aliphatic rings. The van der Waals surface area contributed by atoms with Crippen LogP contribution in [0.2, 0.25) is 0 Å². The van der Waals surface area contributed by atoms with Gasteiger partial charge in [0, 0.05) is 10.0 Å². The summed E-state index contributed by atoms with van der Waals surface area (Å²) < 4.78 is 5.46. The lowest BCUT2D eigenvalue weighted by Crippen LogP contribution is -2.50. The molecule has 0 spiro atoms. The molecule has 0 unspecified atom stereocenters. The van der Waals surface area contributed by atoms with Crippen molar-refractivity contribution in [1.29, 1.82) is 0 Å². The summed E-state index contributed by atoms with van der Waals surface area (Å²) in [5, 5.41) is 2.64. The Balaban J connectivity index is 2.92. The number of rotatable bonds is 3. The molecular formula is C13H16BrNO3. The van der Waals surface area contributed by atoms with E-state index in [1.807, 2.05) is 13.0 Å². The number of nitrogens with one attached hydrogen (secondary N) is 1. The molecule has 0 heterocycles. The van der Waals surface area contributed by atoms with Crippen molar-refractivity contribution in [2.75, 3.05) is 7.11 Å². The molecule has 0 fully saturated rings. The average molecular weight is 314 g/mol. The largest absolute Gasteiger partial charge is 0.467 e. The molecule has 0 atom stereocenters. The van der Waals surface area contributed by atoms with Gasteiger partial charge in [-0.3, -0.25) is 4.79 Å². The summed E-state index contributed by atoms with van der Waals surface area (Å²) in [6.45, 7) is 5.09. The van der Waals surface area contributed by atoms with E-state index < -0.39 is 11.5 Å². The fourth-order valence-electron chi connectivity index (χ4n) is 1.53. The number of aryl methyl sites for hydroxylation is 1. The zero-order valence-corrected chi connectivity index (χ0v) is 12.4. The molecule has 5 heteroatoms. The van der Waals surface area contributed by atoms with Gasteiger partial charge >= 0.3 is 5.97 Å². The fourth-order valence-corrected chi connectivity index (χ4v) is 2.14. The second-order valence-electron chi connectivity index (χ2n) is 4.59. The Hall–Kier alpha value is -1.36. The molecule has 18 heavy (non-hydrogen) atoms. The maximum Gasteiger partial charge on any atom is 0.330 e. The van der Waals surface area contributed by atoms with E-state index in [4.69, 9.17) is 0 Å². The van der Waals surface area contributed by atoms with E-state index in [9.17, 15) is 9.59 Å². The molecular weight excluding hydrogens is 298 g/mol. The van der Waals surface area contributed by atoms with Crippen LogP contribution in [0.3, 0.4) is 0 Å². The van der Waals surface area contributed by atoms with E-state index in [2.05, 4.69) is 26.0 Å². The minimum atomic E-state index is -1.05. The predicted octanol–water partition coefficient (Wildman–Crippen LogP) is 2.44. The van der Waals surface area contributed by atoms with Crippen LogP contribution in [0.25, 0.3) is 0 Å². The molecule has 0 bridgehead atoms. The van der Waals surface area contributed by atoms with E-state index in [-0.39, 0.29) is 5.91 Å². The van der Waals surface area contributed by atoms with Gasteiger partial charge in [0.25, 0.3) is 5.91 Å². The van der Waals surface area contributed by atoms with Gasteiger partial charge < -0.3 is 10.1 Å². The highest BCUT2D eigenvalue weighted by atomic mass is 79.9. The van der Waals surface area contributed by atoms with Gasteiger partial charge in [-0.15, -0.1) is 0 Å². The molecule has 0 radical (unpaired) electrons. The zero-order chi connectivity index (χ0) is 13.9. The van der Waals surface area contributed by atoms with Crippen LogP contribution in [0.5, 0.6) is 0 Å². The third-order valence-electron chi connectivity index (χ3n) is 2.43. The number of amides is 1. The Kier molecular flexibility index (Phi) is 4.51. The van der Waals surface area contributed by atoms with E-state index in [0.29, 0.717) is 5.56 Å². The van der Waals surface area contributed by atoms with Crippen molar-refractivity contribution in [3.05, 3.63) is 33.8 Å². The first-order chi connectivity index (χ1) is 8.26. The van der Waals surface area contributed by atoms with Crippen LogP contribution < -0.4 is 5.32 Å². The second kappa shape index (κ2) is 5.52. The van der Waals surface area contributed by atoms with Gasteiger partial charge in [-0.1, -0.05) is 15.9 Å². The molecule has 4 nitrogen and oxygen atoms in total. The van der Waals surface area contributed by atoms with E-state index in [1.54, 1.807) is 26.0 Å². The van der Waals surface area contributed by atoms with Crippen molar-refractivity contribution in [1.82, 2.24) is 5.32 Å². The number of halogens is 1. The molecule has 1 amide bonds. The first-order valence-corrected chi connectivity index (χ1v) is 6.23. The molecule has 0 aliphatic carbocycles. The zero-order valence-electron chi connectivity index (χ0n) is 10.8. The second-order valence-corrected chi connectivity index (χ2v) is 5.50. The number of hydrogen-bond acceptors (Lipinski definition) is 3. The first-order valence-electron chi connectivity index (χ1n) is 5.44. The number of hydrogen-bond donors (Lipinski definition) is 1. The molecule has 98 valence electrons. The molecule has 0 saturated carbocycles. The highest BCUT2D eigenvalue weighted by Gasteiger charge is 2.30. The van der Waals surface area contributed by atoms with Crippen molar-refractivity contribution in [3.8, 4) is 0 Å². The molecule has 0 aliphatic heterocycles. The average Bonchev–Trinajstić information content (AvgIpc) is 2.25. The Morgan fingerprint density at radius 2 is 1.89 bits per heavy atom. The standard InChI is InChI=1S/C13H16BrNO3/c1-8-5-9(7-10(14)6-8)11(16)15-13(2,3)12(17)18-4/h5-7H,1-4H3,(H,15,16). The lowest BCUT2D eigenvalue weighted by atomic mass is 10.0. The van der Waals surface area contributed by atoms with Crippen LogP contribution in [0, 0.1) is 6.92 Å². The minimum Gasteiger partial charge on any atom is -0.467 e. The predicted molar refractivity (Wildman–Crippen MR) is 72.4 cm³/mol. The third-order valence-corrected chi connectivity index (χ3v) is 2.88. The van der Waals surface area contributed by atoms with Gasteiger partial charge in [0.2, 0.25) is 0 Å². The van der Waals surface area contributed by atoms with Gasteiger partial charge in [-0.25, -0.2) is 4.79 Å². The van der Waals surface area contributed by atoms with Crippen LogP contribution in [0.15, 0.2) is 22.7 Å². The molecule has 1 rings (SSSR count). The minimum absolute atomic E-state index is 0.310. The van der Waals surface area contributed by atoms with Gasteiger partial charge in [0.1, 0.15) is 5.54 Å². The summed E-state index contributed by atoms with van der Waals surface area (Å²) in [5.74, 6) is -0.794. The summed E-state index contributed by atoms with van der Waals surface area (Å²) in [6, 6.07) is 5.37. The Bertz CT molecular complexity index is 463. The number of carbonyl (C=O) groups excluding carboxylic acids is 2. The van der Waals surface area contributed by atoms with Gasteiger partial charge in [-0.05, 0) is 44.5 Å². The van der Waals surface area contributed by atoms with Gasteiger partial charge in [-0.2, -0.15) is 0 Å². The SMILES string of the molecule is COC(=O)C(C)(C)NC(=O)c1cc(C)cc(Br)c1. The van der Waals surface area contributed by atoms with Gasteiger partial charge in [0.05, 0.1) is 7.11 Å². The fraction of sp³-hybridized carbons (Fsp3) is 0.385. The summed E-state index contributed by atoms with van der Waals surface area (Å²) in [7, 11) is 1.29. The highest BCUT2D eigenvalue weighted by molar-refractivity contribution is 9.10. The van der Waals surface area contributed by atoms with Crippen LogP contribution >= 0.6 is 15.9 Å². The Morgan fingerprint density at radius 3 is 2.39 bits per heavy atom. The third kappa shape index (κ3) is 3.57. The smallest absolute Gasteiger partial charge is 0.330 e. The number of ether oxygens (including phenoxy) is 1. The molecule has 1 aromatic rings. The van der Waals surface area contributed by atoms with E-state index in [0.717, 1.165) is 10.0 Å². The normalized spacial score (nSPS) is 10.9. The monoisotopic (exact) mass is 313 g/mol. The van der Waals surface area contributed by atoms with E-state index in [1.165, 1.54) is 7.11 Å². The van der Waals surface area contributed by atoms with Crippen molar-refractivity contribution in [2.24, 2.45) is 0 Å². The summed E-state index contributed by atoms with van der Waals surface area (Å²) in [5.41, 5.74) is 0.409. The Labute approximate surface area is 115 Å². The molecule has 1 aromatic carbocycles. The first kappa shape index (κ1) is 14.7. The Morgan fingerprint density at radius 1 is 1.28 bits per heavy atom. The topological polar surface area (TPSA) is 55.4 Å². The van der Waals surface area contributed by atoms with E-state index >= 15 is 0 Å². The number of methoxy groups -OCH3 is 1. The maximum absolute atomic E-state index is 12.0. The summed E-state index contributed by atoms with van der Waals surface area (Å²) >= 11 is 3.33. The van der Waals surface area contributed by atoms with Crippen LogP contribution in [0.1, 0.15) is 29.8 Å². The number of esters is 1. The summed E-state index contributed by atoms with van der Waals surface area (Å²) in [6.07, 6.45) is 0. The van der Waals surface area contributed by atoms with Crippen molar-refractivity contribution >= 4 is 27.8 Å². The lowest BCUT2D eigenvalue weighted by Gasteiger charge is -2.23. The number of carbonyl (C=O) groups is 2. The van der Waals surface area contributed by atoms with Crippen molar-refractivity contribution in [3.63, 3.8) is 0 Å². The van der Waals surface area contributed by atoms with Crippen molar-refractivity contribution in [2.45, 2.75) is 26.3 Å². The van der Waals surface area contributed by atoms with Crippen LogP contribution in [-0.2, 0) is 9.53 Å².